The Morgan fingerprint density at radius 2 is 1.12 bits per heavy atom. The Labute approximate surface area is 152 Å². The minimum atomic E-state index is -2.39. The molecule has 0 aromatic rings. The summed E-state index contributed by atoms with van der Waals surface area (Å²) in [6, 6.07) is 0. The molecule has 1 heteroatoms. The van der Waals surface area contributed by atoms with Crippen molar-refractivity contribution in [1.29, 1.82) is 0 Å². The van der Waals surface area contributed by atoms with Crippen molar-refractivity contribution < 1.29 is 20.0 Å². The topological polar surface area (TPSA) is 0 Å². The van der Waals surface area contributed by atoms with Crippen molar-refractivity contribution in [2.45, 2.75) is 43.4 Å². The Balaban J connectivity index is 1.62. The minimum absolute atomic E-state index is 0.531. The van der Waals surface area contributed by atoms with E-state index in [0.717, 1.165) is 42.9 Å². The molecule has 8 atom stereocenters. The molecule has 0 aromatic carbocycles. The van der Waals surface area contributed by atoms with Gasteiger partial charge in [-0.25, -0.2) is 0 Å². The van der Waals surface area contributed by atoms with Crippen LogP contribution >= 0.6 is 0 Å². The third kappa shape index (κ3) is 1.94. The predicted molar refractivity (Wildman–Crippen MR) is 99.7 cm³/mol. The summed E-state index contributed by atoms with van der Waals surface area (Å²) in [5, 5.41) is 0. The van der Waals surface area contributed by atoms with Gasteiger partial charge in [-0.2, -0.15) is 0 Å². The summed E-state index contributed by atoms with van der Waals surface area (Å²) in [6.45, 7) is 5.31. The van der Waals surface area contributed by atoms with E-state index in [0.29, 0.717) is 5.41 Å². The van der Waals surface area contributed by atoms with Crippen molar-refractivity contribution in [3.05, 3.63) is 48.6 Å². The monoisotopic (exact) mass is 488 g/mol. The Morgan fingerprint density at radius 3 is 1.58 bits per heavy atom. The van der Waals surface area contributed by atoms with Crippen LogP contribution in [0.4, 0.5) is 0 Å². The van der Waals surface area contributed by atoms with Crippen molar-refractivity contribution in [2.24, 2.45) is 40.9 Å². The average molecular weight is 487 g/mol. The Kier molecular flexibility index (Phi) is 3.46. The first-order chi connectivity index (χ1) is 11.4. The molecule has 0 aromatic heterocycles. The summed E-state index contributed by atoms with van der Waals surface area (Å²) >= 11 is -2.39. The average Bonchev–Trinajstić information content (AvgIpc) is 3.14. The molecule has 1 aliphatic heterocycles. The first-order valence-corrected chi connectivity index (χ1v) is 21.5. The van der Waals surface area contributed by atoms with Gasteiger partial charge in [-0.1, -0.05) is 0 Å². The molecule has 0 radical (unpaired) electrons. The van der Waals surface area contributed by atoms with Gasteiger partial charge in [0.1, 0.15) is 0 Å². The standard InChI is InChI=1S/C21H26.2CH3.Hf/c1-21(2,19-11-15-7-3-4-8-16(15)12-19)20-13-17-9-5-6-10-18(17)14-20;;;/h3-11,13,15-20H,12,14H2,1-2H3;2*1H3;. The van der Waals surface area contributed by atoms with Crippen LogP contribution < -0.4 is 0 Å². The predicted octanol–water partition coefficient (Wildman–Crippen LogP) is 6.61. The normalized spacial score (nSPS) is 51.8. The van der Waals surface area contributed by atoms with Crippen LogP contribution in [0, 0.1) is 40.9 Å². The summed E-state index contributed by atoms with van der Waals surface area (Å²) in [4.78, 5) is 0. The van der Waals surface area contributed by atoms with Crippen LogP contribution in [0.25, 0.3) is 0 Å². The Hall–Kier alpha value is -0.170. The van der Waals surface area contributed by atoms with Gasteiger partial charge in [0.15, 0.2) is 0 Å². The fraction of sp³-hybridized carbons (Fsp3) is 0.652. The molecule has 0 nitrogen and oxygen atoms in total. The molecule has 128 valence electrons. The zero-order valence-corrected chi connectivity index (χ0v) is 19.2. The second-order valence-corrected chi connectivity index (χ2v) is 28.3. The molecule has 0 bridgehead atoms. The van der Waals surface area contributed by atoms with E-state index < -0.39 is 20.0 Å². The van der Waals surface area contributed by atoms with Gasteiger partial charge in [0.2, 0.25) is 0 Å². The quantitative estimate of drug-likeness (QED) is 0.338. The van der Waals surface area contributed by atoms with Crippen LogP contribution in [0.2, 0.25) is 16.7 Å². The number of allylic oxidation sites excluding steroid dienone is 8. The molecule has 24 heavy (non-hydrogen) atoms. The van der Waals surface area contributed by atoms with E-state index in [9.17, 15) is 0 Å². The summed E-state index contributed by atoms with van der Waals surface area (Å²) in [6.07, 6.45) is 22.6. The summed E-state index contributed by atoms with van der Waals surface area (Å²) < 4.78 is 7.83. The van der Waals surface area contributed by atoms with Gasteiger partial charge in [0.25, 0.3) is 0 Å². The zero-order valence-electron chi connectivity index (χ0n) is 15.7. The molecule has 0 spiro atoms. The molecule has 5 aliphatic rings. The van der Waals surface area contributed by atoms with Crippen molar-refractivity contribution in [3.63, 3.8) is 0 Å². The van der Waals surface area contributed by atoms with E-state index in [1.165, 1.54) is 12.8 Å². The van der Waals surface area contributed by atoms with E-state index in [2.05, 4.69) is 71.8 Å². The van der Waals surface area contributed by atoms with Crippen LogP contribution in [0.5, 0.6) is 0 Å². The second kappa shape index (κ2) is 5.18. The molecule has 4 aliphatic carbocycles. The third-order valence-corrected chi connectivity index (χ3v) is 27.0. The van der Waals surface area contributed by atoms with Crippen LogP contribution in [-0.2, 0) is 20.0 Å². The fourth-order valence-electron chi connectivity index (χ4n) is 8.06. The molecule has 3 fully saturated rings. The van der Waals surface area contributed by atoms with Crippen LogP contribution in [0.15, 0.2) is 48.6 Å². The first kappa shape index (κ1) is 16.0. The number of hydrogen-bond acceptors (Lipinski definition) is 0. The van der Waals surface area contributed by atoms with Crippen LogP contribution in [-0.4, -0.2) is 0 Å². The van der Waals surface area contributed by atoms with E-state index in [-0.39, 0.29) is 0 Å². The molecular weight excluding hydrogens is 455 g/mol. The molecule has 1 heterocycles. The van der Waals surface area contributed by atoms with Gasteiger partial charge >= 0.3 is 153 Å². The van der Waals surface area contributed by atoms with Gasteiger partial charge < -0.3 is 0 Å². The Bertz CT molecular complexity index is 608. The summed E-state index contributed by atoms with van der Waals surface area (Å²) in [5.41, 5.74) is 0.531. The molecule has 0 N–H and O–H groups in total. The zero-order chi connectivity index (χ0) is 16.7. The third-order valence-electron chi connectivity index (χ3n) is 8.97. The molecule has 8 unspecified atom stereocenters. The maximum atomic E-state index is 2.85. The SMILES string of the molecule is CC1(C)C2CC3C=CC=CC3[CH]2[Hf]([CH3])([CH3])[CH]2C3C=CC=CC3CC21. The van der Waals surface area contributed by atoms with Crippen LogP contribution in [0.3, 0.4) is 0 Å². The van der Waals surface area contributed by atoms with Gasteiger partial charge in [-0.15, -0.1) is 0 Å². The van der Waals surface area contributed by atoms with E-state index >= 15 is 0 Å². The molecule has 5 rings (SSSR count). The summed E-state index contributed by atoms with van der Waals surface area (Å²) in [7, 11) is 0. The number of rotatable bonds is 0. The Morgan fingerprint density at radius 1 is 0.708 bits per heavy atom. The van der Waals surface area contributed by atoms with Gasteiger partial charge in [-0.3, -0.25) is 0 Å². The van der Waals surface area contributed by atoms with Gasteiger partial charge in [0.05, 0.1) is 0 Å². The van der Waals surface area contributed by atoms with E-state index in [1.54, 1.807) is 0 Å². The van der Waals surface area contributed by atoms with Gasteiger partial charge in [-0.05, 0) is 0 Å². The number of hydrogen-bond donors (Lipinski definition) is 0. The van der Waals surface area contributed by atoms with E-state index in [4.69, 9.17) is 0 Å². The van der Waals surface area contributed by atoms with Crippen molar-refractivity contribution >= 4 is 0 Å². The molecule has 2 saturated carbocycles. The van der Waals surface area contributed by atoms with Gasteiger partial charge in [0, 0.05) is 0 Å². The summed E-state index contributed by atoms with van der Waals surface area (Å²) in [5.74, 6) is 5.40. The first-order valence-electron chi connectivity index (χ1n) is 10.1. The molecular formula is C23H32Hf. The molecule has 0 amide bonds. The van der Waals surface area contributed by atoms with Crippen LogP contribution in [0.1, 0.15) is 26.7 Å². The number of fused-ring (bicyclic) bond motifs is 6. The van der Waals surface area contributed by atoms with Crippen molar-refractivity contribution in [3.8, 4) is 0 Å². The second-order valence-electron chi connectivity index (χ2n) is 10.4. The molecule has 1 saturated heterocycles. The van der Waals surface area contributed by atoms with Crippen molar-refractivity contribution in [2.75, 3.05) is 0 Å². The van der Waals surface area contributed by atoms with E-state index in [1.807, 2.05) is 0 Å². The fourth-order valence-corrected chi connectivity index (χ4v) is 30.9. The van der Waals surface area contributed by atoms with Crippen molar-refractivity contribution in [1.82, 2.24) is 0 Å². The maximum absolute atomic E-state index is 2.85.